The standard InChI is InChI=1S/C11H10OS2/c1-2-4-10(5-3-1)9-13-14-11-6-7-12-8-11/h1-8H,9H2. The first-order valence-electron chi connectivity index (χ1n) is 4.31. The molecule has 0 spiro atoms. The molecular formula is C11H10OS2. The fraction of sp³-hybridized carbons (Fsp3) is 0.0909. The molecule has 3 heteroatoms. The molecule has 0 aliphatic heterocycles. The summed E-state index contributed by atoms with van der Waals surface area (Å²) in [6.45, 7) is 0. The van der Waals surface area contributed by atoms with Crippen LogP contribution in [-0.2, 0) is 5.75 Å². The van der Waals surface area contributed by atoms with Crippen molar-refractivity contribution in [2.75, 3.05) is 0 Å². The Hall–Kier alpha value is -0.800. The van der Waals surface area contributed by atoms with Crippen LogP contribution >= 0.6 is 21.6 Å². The maximum absolute atomic E-state index is 4.98. The van der Waals surface area contributed by atoms with E-state index in [4.69, 9.17) is 4.42 Å². The fourth-order valence-electron chi connectivity index (χ4n) is 1.04. The third-order valence-corrected chi connectivity index (χ3v) is 4.00. The molecule has 1 nitrogen and oxygen atoms in total. The van der Waals surface area contributed by atoms with E-state index in [1.54, 1.807) is 23.3 Å². The molecule has 0 aliphatic rings. The van der Waals surface area contributed by atoms with Gasteiger partial charge in [0.25, 0.3) is 0 Å². The van der Waals surface area contributed by atoms with Crippen LogP contribution in [0.5, 0.6) is 0 Å². The van der Waals surface area contributed by atoms with Crippen LogP contribution in [-0.4, -0.2) is 0 Å². The van der Waals surface area contributed by atoms with Crippen LogP contribution in [0.25, 0.3) is 0 Å². The summed E-state index contributed by atoms with van der Waals surface area (Å²) >= 11 is 0. The van der Waals surface area contributed by atoms with Crippen LogP contribution in [0.3, 0.4) is 0 Å². The van der Waals surface area contributed by atoms with E-state index in [1.165, 1.54) is 10.5 Å². The number of hydrogen-bond donors (Lipinski definition) is 0. The van der Waals surface area contributed by atoms with Crippen molar-refractivity contribution in [1.82, 2.24) is 0 Å². The topological polar surface area (TPSA) is 13.1 Å². The van der Waals surface area contributed by atoms with Crippen LogP contribution in [0, 0.1) is 0 Å². The molecule has 1 aromatic carbocycles. The molecule has 0 unspecified atom stereocenters. The van der Waals surface area contributed by atoms with Gasteiger partial charge >= 0.3 is 0 Å². The Morgan fingerprint density at radius 3 is 2.64 bits per heavy atom. The predicted octanol–water partition coefficient (Wildman–Crippen LogP) is 4.22. The number of benzene rings is 1. The van der Waals surface area contributed by atoms with E-state index in [9.17, 15) is 0 Å². The Morgan fingerprint density at radius 2 is 1.93 bits per heavy atom. The summed E-state index contributed by atoms with van der Waals surface area (Å²) < 4.78 is 4.98. The Morgan fingerprint density at radius 1 is 1.07 bits per heavy atom. The smallest absolute Gasteiger partial charge is 0.105 e. The molecule has 14 heavy (non-hydrogen) atoms. The average Bonchev–Trinajstić information content (AvgIpc) is 2.72. The Kier molecular flexibility index (Phi) is 3.60. The van der Waals surface area contributed by atoms with Crippen molar-refractivity contribution in [3.63, 3.8) is 0 Å². The summed E-state index contributed by atoms with van der Waals surface area (Å²) in [5.74, 6) is 1.02. The van der Waals surface area contributed by atoms with E-state index in [1.807, 2.05) is 22.9 Å². The predicted molar refractivity (Wildman–Crippen MR) is 62.3 cm³/mol. The molecule has 0 radical (unpaired) electrons. The Balaban J connectivity index is 1.79. The molecule has 0 saturated carbocycles. The summed E-state index contributed by atoms with van der Waals surface area (Å²) in [4.78, 5) is 1.17. The molecule has 0 aliphatic carbocycles. The van der Waals surface area contributed by atoms with Crippen molar-refractivity contribution in [1.29, 1.82) is 0 Å². The van der Waals surface area contributed by atoms with Gasteiger partial charge in [-0.05, 0) is 11.6 Å². The minimum Gasteiger partial charge on any atom is -0.471 e. The van der Waals surface area contributed by atoms with E-state index >= 15 is 0 Å². The second-order valence-electron chi connectivity index (χ2n) is 2.79. The second kappa shape index (κ2) is 5.17. The van der Waals surface area contributed by atoms with E-state index in [2.05, 4.69) is 24.3 Å². The van der Waals surface area contributed by atoms with Crippen LogP contribution in [0.1, 0.15) is 5.56 Å². The minimum atomic E-state index is 1.02. The third kappa shape index (κ3) is 2.86. The maximum Gasteiger partial charge on any atom is 0.105 e. The monoisotopic (exact) mass is 222 g/mol. The van der Waals surface area contributed by atoms with Crippen molar-refractivity contribution in [3.05, 3.63) is 54.5 Å². The molecule has 2 aromatic rings. The molecule has 0 N–H and O–H groups in total. The lowest BCUT2D eigenvalue weighted by atomic mass is 10.2. The molecule has 1 heterocycles. The highest BCUT2D eigenvalue weighted by molar-refractivity contribution is 8.76. The molecule has 72 valence electrons. The molecular weight excluding hydrogens is 212 g/mol. The number of rotatable bonds is 4. The van der Waals surface area contributed by atoms with Gasteiger partial charge in [0.15, 0.2) is 0 Å². The van der Waals surface area contributed by atoms with Crippen LogP contribution < -0.4 is 0 Å². The lowest BCUT2D eigenvalue weighted by Gasteiger charge is -1.98. The van der Waals surface area contributed by atoms with Gasteiger partial charge in [-0.1, -0.05) is 51.9 Å². The first-order valence-corrected chi connectivity index (χ1v) is 6.62. The van der Waals surface area contributed by atoms with Crippen LogP contribution in [0.15, 0.2) is 58.2 Å². The molecule has 0 atom stereocenters. The van der Waals surface area contributed by atoms with Crippen molar-refractivity contribution < 1.29 is 4.42 Å². The largest absolute Gasteiger partial charge is 0.471 e. The van der Waals surface area contributed by atoms with E-state index in [-0.39, 0.29) is 0 Å². The summed E-state index contributed by atoms with van der Waals surface area (Å²) in [6.07, 6.45) is 3.47. The summed E-state index contributed by atoms with van der Waals surface area (Å²) in [5, 5.41) is 0. The maximum atomic E-state index is 4.98. The zero-order chi connectivity index (χ0) is 9.64. The molecule has 0 saturated heterocycles. The highest BCUT2D eigenvalue weighted by Gasteiger charge is 1.96. The number of hydrogen-bond acceptors (Lipinski definition) is 3. The van der Waals surface area contributed by atoms with Gasteiger partial charge in [-0.2, -0.15) is 0 Å². The summed E-state index contributed by atoms with van der Waals surface area (Å²) in [6, 6.07) is 12.4. The van der Waals surface area contributed by atoms with Gasteiger partial charge in [0.05, 0.1) is 11.2 Å². The van der Waals surface area contributed by atoms with E-state index in [0.717, 1.165) is 5.75 Å². The SMILES string of the molecule is c1ccc(CSSc2ccoc2)cc1. The zero-order valence-electron chi connectivity index (χ0n) is 7.55. The first kappa shape index (κ1) is 9.74. The van der Waals surface area contributed by atoms with Gasteiger partial charge in [-0.15, -0.1) is 0 Å². The molecule has 1 aromatic heterocycles. The fourth-order valence-corrected chi connectivity index (χ4v) is 3.05. The molecule has 0 amide bonds. The van der Waals surface area contributed by atoms with Gasteiger partial charge in [-0.3, -0.25) is 0 Å². The van der Waals surface area contributed by atoms with Crippen molar-refractivity contribution in [2.24, 2.45) is 0 Å². The van der Waals surface area contributed by atoms with E-state index in [0.29, 0.717) is 0 Å². The quantitative estimate of drug-likeness (QED) is 0.719. The van der Waals surface area contributed by atoms with Crippen molar-refractivity contribution in [2.45, 2.75) is 10.6 Å². The Labute approximate surface area is 91.3 Å². The molecule has 2 rings (SSSR count). The van der Waals surface area contributed by atoms with Crippen LogP contribution in [0.2, 0.25) is 0 Å². The minimum absolute atomic E-state index is 1.02. The number of furan rings is 1. The van der Waals surface area contributed by atoms with Gasteiger partial charge in [0.1, 0.15) is 6.26 Å². The molecule has 0 bridgehead atoms. The normalized spacial score (nSPS) is 10.3. The molecule has 0 fully saturated rings. The summed E-state index contributed by atoms with van der Waals surface area (Å²) in [7, 11) is 3.57. The van der Waals surface area contributed by atoms with Crippen molar-refractivity contribution >= 4 is 21.6 Å². The second-order valence-corrected chi connectivity index (χ2v) is 5.16. The first-order chi connectivity index (χ1) is 6.95. The highest BCUT2D eigenvalue weighted by Crippen LogP contribution is 2.33. The van der Waals surface area contributed by atoms with Gasteiger partial charge in [0, 0.05) is 5.75 Å². The van der Waals surface area contributed by atoms with Gasteiger partial charge < -0.3 is 4.42 Å². The van der Waals surface area contributed by atoms with E-state index < -0.39 is 0 Å². The lowest BCUT2D eigenvalue weighted by molar-refractivity contribution is 0.562. The average molecular weight is 222 g/mol. The van der Waals surface area contributed by atoms with Crippen molar-refractivity contribution in [3.8, 4) is 0 Å². The van der Waals surface area contributed by atoms with Gasteiger partial charge in [-0.25, -0.2) is 0 Å². The lowest BCUT2D eigenvalue weighted by Crippen LogP contribution is -1.75. The summed E-state index contributed by atoms with van der Waals surface area (Å²) in [5.41, 5.74) is 1.36. The van der Waals surface area contributed by atoms with Gasteiger partial charge in [0.2, 0.25) is 0 Å². The van der Waals surface area contributed by atoms with Crippen LogP contribution in [0.4, 0.5) is 0 Å². The Bertz CT molecular complexity index is 356. The zero-order valence-corrected chi connectivity index (χ0v) is 9.18. The highest BCUT2D eigenvalue weighted by atomic mass is 33.1. The third-order valence-electron chi connectivity index (χ3n) is 1.72.